The summed E-state index contributed by atoms with van der Waals surface area (Å²) in [4.78, 5) is 0.249. The number of nitrogens with one attached hydrogen (secondary N) is 1. The fourth-order valence-electron chi connectivity index (χ4n) is 1.61. The van der Waals surface area contributed by atoms with Gasteiger partial charge in [-0.25, -0.2) is 8.42 Å². The molecule has 0 bridgehead atoms. The fourth-order valence-corrected chi connectivity index (χ4v) is 5.21. The lowest BCUT2D eigenvalue weighted by Crippen LogP contribution is -2.41. The van der Waals surface area contributed by atoms with E-state index < -0.39 is 17.9 Å². The Bertz CT molecular complexity index is 644. The van der Waals surface area contributed by atoms with Crippen LogP contribution in [0.4, 0.5) is 0 Å². The lowest BCUT2D eigenvalue weighted by Gasteiger charge is -2.13. The van der Waals surface area contributed by atoms with Gasteiger partial charge in [-0.05, 0) is 12.1 Å². The third kappa shape index (κ3) is 2.23. The maximum Gasteiger partial charge on any atom is 0.227 e. The van der Waals surface area contributed by atoms with Crippen molar-refractivity contribution in [2.45, 2.75) is 29.6 Å². The van der Waals surface area contributed by atoms with E-state index in [0.29, 0.717) is 5.32 Å². The average molecular weight is 281 g/mol. The van der Waals surface area contributed by atoms with Crippen molar-refractivity contribution in [3.63, 3.8) is 0 Å². The summed E-state index contributed by atoms with van der Waals surface area (Å²) in [6.07, 6.45) is 0. The highest BCUT2D eigenvalue weighted by atomic mass is 32.2. The topological polar surface area (TPSA) is 75.7 Å². The van der Waals surface area contributed by atoms with Crippen molar-refractivity contribution in [3.05, 3.63) is 30.3 Å². The van der Waals surface area contributed by atoms with Crippen LogP contribution < -0.4 is 5.32 Å². The van der Waals surface area contributed by atoms with Gasteiger partial charge in [0, 0.05) is 0 Å². The summed E-state index contributed by atoms with van der Waals surface area (Å²) in [5, 5.41) is 11.0. The third-order valence-electron chi connectivity index (χ3n) is 2.53. The first-order valence-corrected chi connectivity index (χ1v) is 10.5. The minimum absolute atomic E-state index is 0.0628. The molecule has 7 heteroatoms. The number of rotatable bonds is 3. The first kappa shape index (κ1) is 13.0. The highest BCUT2D eigenvalue weighted by Crippen LogP contribution is 2.18. The first-order chi connectivity index (χ1) is 8.33. The second-order valence-corrected chi connectivity index (χ2v) is 11.9. The van der Waals surface area contributed by atoms with E-state index in [1.54, 1.807) is 30.3 Å². The van der Waals surface area contributed by atoms with Gasteiger partial charge in [-0.3, -0.25) is 0 Å². The van der Waals surface area contributed by atoms with Gasteiger partial charge in [-0.1, -0.05) is 37.8 Å². The van der Waals surface area contributed by atoms with Crippen molar-refractivity contribution < 1.29 is 8.42 Å². The molecule has 2 rings (SSSR count). The number of hydrogen-bond donors (Lipinski definition) is 1. The standard InChI is InChI=1S/C11H15N3O2SSi/c1-18(2,3)11-10(12-14-13-11)17(15,16)9-7-5-4-6-8-9/h4-8H,1-3H3,(H,12,13,14). The lowest BCUT2D eigenvalue weighted by molar-refractivity contribution is 0.592. The third-order valence-corrected chi connectivity index (χ3v) is 6.17. The maximum absolute atomic E-state index is 12.5. The van der Waals surface area contributed by atoms with E-state index in [2.05, 4.69) is 15.4 Å². The molecule has 0 aliphatic carbocycles. The van der Waals surface area contributed by atoms with Crippen LogP contribution in [0.2, 0.25) is 19.6 Å². The number of H-pyrrole nitrogens is 1. The zero-order valence-electron chi connectivity index (χ0n) is 10.5. The minimum atomic E-state index is -3.58. The fraction of sp³-hybridized carbons (Fsp3) is 0.273. The molecule has 18 heavy (non-hydrogen) atoms. The molecule has 1 N–H and O–H groups in total. The number of benzene rings is 1. The van der Waals surface area contributed by atoms with Gasteiger partial charge in [0.25, 0.3) is 0 Å². The molecule has 0 saturated carbocycles. The Hall–Kier alpha value is -1.47. The number of aromatic amines is 1. The Balaban J connectivity index is 2.60. The number of sulfone groups is 1. The molecule has 0 unspecified atom stereocenters. The van der Waals surface area contributed by atoms with E-state index in [0.717, 1.165) is 0 Å². The molecule has 0 amide bonds. The smallest absolute Gasteiger partial charge is 0.217 e. The largest absolute Gasteiger partial charge is 0.227 e. The van der Waals surface area contributed by atoms with Gasteiger partial charge in [0.15, 0.2) is 0 Å². The van der Waals surface area contributed by atoms with E-state index in [1.165, 1.54) is 0 Å². The van der Waals surface area contributed by atoms with Crippen LogP contribution in [0.25, 0.3) is 0 Å². The van der Waals surface area contributed by atoms with Crippen LogP contribution in [-0.4, -0.2) is 31.9 Å². The predicted molar refractivity (Wildman–Crippen MR) is 71.3 cm³/mol. The normalized spacial score (nSPS) is 12.6. The Labute approximate surface area is 107 Å². The molecule has 0 radical (unpaired) electrons. The van der Waals surface area contributed by atoms with E-state index in [-0.39, 0.29) is 9.92 Å². The van der Waals surface area contributed by atoms with Gasteiger partial charge in [0.2, 0.25) is 14.9 Å². The molecule has 96 valence electrons. The number of nitrogens with zero attached hydrogens (tertiary/aromatic N) is 2. The summed E-state index contributed by atoms with van der Waals surface area (Å²) < 4.78 is 24.9. The van der Waals surface area contributed by atoms with Crippen LogP contribution in [0.15, 0.2) is 40.3 Å². The Morgan fingerprint density at radius 3 is 2.22 bits per heavy atom. The molecule has 1 aromatic heterocycles. The molecule has 0 fully saturated rings. The van der Waals surface area contributed by atoms with Gasteiger partial charge in [0.05, 0.1) is 10.2 Å². The molecule has 0 aliphatic heterocycles. The first-order valence-electron chi connectivity index (χ1n) is 5.55. The van der Waals surface area contributed by atoms with Crippen molar-refractivity contribution in [3.8, 4) is 0 Å². The molecule has 5 nitrogen and oxygen atoms in total. The summed E-state index contributed by atoms with van der Waals surface area (Å²) in [6, 6.07) is 8.31. The Morgan fingerprint density at radius 1 is 1.06 bits per heavy atom. The Kier molecular flexibility index (Phi) is 3.12. The molecule has 2 aromatic rings. The molecule has 0 spiro atoms. The zero-order valence-corrected chi connectivity index (χ0v) is 12.3. The zero-order chi connectivity index (χ0) is 13.4. The highest BCUT2D eigenvalue weighted by Gasteiger charge is 2.32. The molecular weight excluding hydrogens is 266 g/mol. The summed E-state index contributed by atoms with van der Waals surface area (Å²) in [7, 11) is -5.43. The van der Waals surface area contributed by atoms with Crippen LogP contribution in [-0.2, 0) is 9.84 Å². The maximum atomic E-state index is 12.5. The molecule has 0 saturated heterocycles. The van der Waals surface area contributed by atoms with Crippen molar-refractivity contribution in [2.24, 2.45) is 0 Å². The van der Waals surface area contributed by atoms with Crippen molar-refractivity contribution in [1.82, 2.24) is 15.4 Å². The lowest BCUT2D eigenvalue weighted by atomic mass is 10.4. The quantitative estimate of drug-likeness (QED) is 0.857. The van der Waals surface area contributed by atoms with Gasteiger partial charge in [0.1, 0.15) is 8.07 Å². The van der Waals surface area contributed by atoms with Crippen LogP contribution in [0.5, 0.6) is 0 Å². The van der Waals surface area contributed by atoms with Crippen LogP contribution in [0.1, 0.15) is 0 Å². The predicted octanol–water partition coefficient (Wildman–Crippen LogP) is 1.18. The molecule has 1 heterocycles. The van der Waals surface area contributed by atoms with E-state index in [9.17, 15) is 8.42 Å². The summed E-state index contributed by atoms with van der Waals surface area (Å²) in [6.45, 7) is 6.11. The van der Waals surface area contributed by atoms with Gasteiger partial charge < -0.3 is 0 Å². The summed E-state index contributed by atoms with van der Waals surface area (Å²) in [5.74, 6) is 0. The van der Waals surface area contributed by atoms with Crippen molar-refractivity contribution >= 4 is 23.2 Å². The highest BCUT2D eigenvalue weighted by molar-refractivity contribution is 7.91. The van der Waals surface area contributed by atoms with E-state index >= 15 is 0 Å². The van der Waals surface area contributed by atoms with Crippen molar-refractivity contribution in [2.75, 3.05) is 0 Å². The van der Waals surface area contributed by atoms with Gasteiger partial charge >= 0.3 is 0 Å². The number of aromatic nitrogens is 3. The van der Waals surface area contributed by atoms with E-state index in [4.69, 9.17) is 0 Å². The monoisotopic (exact) mass is 281 g/mol. The molecule has 0 aliphatic rings. The summed E-state index contributed by atoms with van der Waals surface area (Å²) in [5.41, 5.74) is 0. The second-order valence-electron chi connectivity index (χ2n) is 5.04. The number of hydrogen-bond acceptors (Lipinski definition) is 4. The minimum Gasteiger partial charge on any atom is -0.217 e. The average Bonchev–Trinajstić information content (AvgIpc) is 2.79. The van der Waals surface area contributed by atoms with Crippen molar-refractivity contribution in [1.29, 1.82) is 0 Å². The second kappa shape index (κ2) is 4.32. The van der Waals surface area contributed by atoms with Crippen LogP contribution >= 0.6 is 0 Å². The summed E-state index contributed by atoms with van der Waals surface area (Å²) >= 11 is 0. The van der Waals surface area contributed by atoms with Crippen LogP contribution in [0, 0.1) is 0 Å². The molecule has 1 aromatic carbocycles. The molecular formula is C11H15N3O2SSi. The van der Waals surface area contributed by atoms with Gasteiger partial charge in [-0.2, -0.15) is 10.3 Å². The van der Waals surface area contributed by atoms with Crippen LogP contribution in [0.3, 0.4) is 0 Å². The van der Waals surface area contributed by atoms with Gasteiger partial charge in [-0.15, -0.1) is 5.10 Å². The Morgan fingerprint density at radius 2 is 1.67 bits per heavy atom. The van der Waals surface area contributed by atoms with E-state index in [1.807, 2.05) is 19.6 Å². The molecule has 0 atom stereocenters. The SMILES string of the molecule is C[Si](C)(C)c1n[nH]nc1S(=O)(=O)c1ccccc1.